The molecule has 0 spiro atoms. The van der Waals surface area contributed by atoms with E-state index in [2.05, 4.69) is 59.0 Å². The van der Waals surface area contributed by atoms with E-state index in [0.29, 0.717) is 6.54 Å². The molecule has 3 heterocycles. The second kappa shape index (κ2) is 8.82. The summed E-state index contributed by atoms with van der Waals surface area (Å²) in [5.41, 5.74) is 3.50. The lowest BCUT2D eigenvalue weighted by Gasteiger charge is -2.15. The zero-order valence-electron chi connectivity index (χ0n) is 15.9. The van der Waals surface area contributed by atoms with E-state index in [1.165, 1.54) is 40.2 Å². The van der Waals surface area contributed by atoms with Gasteiger partial charge in [-0.25, -0.2) is 4.98 Å². The predicted molar refractivity (Wildman–Crippen MR) is 116 cm³/mol. The predicted octanol–water partition coefficient (Wildman–Crippen LogP) is 4.01. The molecule has 0 bridgehead atoms. The number of unbranched alkanes of at least 4 members (excludes halogenated alkanes) is 1. The van der Waals surface area contributed by atoms with Gasteiger partial charge in [0.2, 0.25) is 0 Å². The highest BCUT2D eigenvalue weighted by Crippen LogP contribution is 2.23. The van der Waals surface area contributed by atoms with Gasteiger partial charge in [0.1, 0.15) is 18.3 Å². The molecule has 0 radical (unpaired) electrons. The second-order valence-corrected chi connectivity index (χ2v) is 8.77. The quantitative estimate of drug-likeness (QED) is 0.477. The average Bonchev–Trinajstić information content (AvgIpc) is 3.40. The van der Waals surface area contributed by atoms with Crippen LogP contribution in [0.5, 0.6) is 0 Å². The maximum absolute atomic E-state index is 12.2. The van der Waals surface area contributed by atoms with E-state index in [9.17, 15) is 4.79 Å². The molecule has 0 saturated carbocycles. The third-order valence-corrected chi connectivity index (χ3v) is 6.64. The zero-order valence-corrected chi connectivity index (χ0v) is 17.5. The number of hydrogen-bond donors (Lipinski definition) is 1. The summed E-state index contributed by atoms with van der Waals surface area (Å²) >= 11 is 3.26. The van der Waals surface area contributed by atoms with Gasteiger partial charge in [-0.3, -0.25) is 9.20 Å². The number of benzene rings is 1. The molecule has 2 N–H and O–H groups in total. The molecule has 0 saturated heterocycles. The average molecular weight is 411 g/mol. The first-order valence-corrected chi connectivity index (χ1v) is 11.4. The van der Waals surface area contributed by atoms with E-state index in [-0.39, 0.29) is 11.6 Å². The van der Waals surface area contributed by atoms with E-state index in [1.54, 1.807) is 28.0 Å². The van der Waals surface area contributed by atoms with Crippen LogP contribution in [0.4, 0.5) is 0 Å². The van der Waals surface area contributed by atoms with Gasteiger partial charge >= 0.3 is 0 Å². The Labute approximate surface area is 172 Å². The van der Waals surface area contributed by atoms with Gasteiger partial charge in [-0.1, -0.05) is 43.7 Å². The molecule has 0 fully saturated rings. The van der Waals surface area contributed by atoms with Crippen molar-refractivity contribution in [1.29, 1.82) is 0 Å². The summed E-state index contributed by atoms with van der Waals surface area (Å²) in [7, 11) is 0. The SMILES string of the molecule is CCCCc1ccc([C@H]([NH2+]Cc2cc(=O)n3ccsc3n2)c2cccs2)cc1. The van der Waals surface area contributed by atoms with Gasteiger partial charge in [0.25, 0.3) is 5.56 Å². The number of thiophene rings is 1. The summed E-state index contributed by atoms with van der Waals surface area (Å²) in [6.07, 6.45) is 5.36. The Morgan fingerprint density at radius 2 is 2.00 bits per heavy atom. The molecule has 144 valence electrons. The Hall–Kier alpha value is -2.28. The number of thiazole rings is 1. The molecule has 0 aliphatic carbocycles. The molecular formula is C22H24N3OS2+. The van der Waals surface area contributed by atoms with Gasteiger partial charge < -0.3 is 5.32 Å². The lowest BCUT2D eigenvalue weighted by atomic mass is 10.0. The lowest BCUT2D eigenvalue weighted by Crippen LogP contribution is -2.84. The van der Waals surface area contributed by atoms with Crippen molar-refractivity contribution in [3.63, 3.8) is 0 Å². The number of quaternary nitrogens is 1. The number of aromatic nitrogens is 2. The van der Waals surface area contributed by atoms with Gasteiger partial charge in [0.15, 0.2) is 4.96 Å². The Morgan fingerprint density at radius 1 is 1.14 bits per heavy atom. The van der Waals surface area contributed by atoms with Crippen LogP contribution in [-0.2, 0) is 13.0 Å². The lowest BCUT2D eigenvalue weighted by molar-refractivity contribution is -0.702. The fourth-order valence-electron chi connectivity index (χ4n) is 3.39. The number of hydrogen-bond acceptors (Lipinski definition) is 4. The molecule has 0 aliphatic rings. The minimum Gasteiger partial charge on any atom is -0.331 e. The Morgan fingerprint density at radius 3 is 2.75 bits per heavy atom. The van der Waals surface area contributed by atoms with Gasteiger partial charge in [-0.05, 0) is 29.9 Å². The summed E-state index contributed by atoms with van der Waals surface area (Å²) < 4.78 is 1.60. The molecule has 6 heteroatoms. The van der Waals surface area contributed by atoms with Gasteiger partial charge in [0.05, 0.1) is 4.88 Å². The Balaban J connectivity index is 1.55. The van der Waals surface area contributed by atoms with E-state index < -0.39 is 0 Å². The molecule has 4 rings (SSSR count). The molecule has 28 heavy (non-hydrogen) atoms. The van der Waals surface area contributed by atoms with Crippen LogP contribution in [-0.4, -0.2) is 9.38 Å². The van der Waals surface area contributed by atoms with Crippen molar-refractivity contribution in [2.24, 2.45) is 0 Å². The molecular weight excluding hydrogens is 386 g/mol. The molecule has 1 aromatic carbocycles. The molecule has 4 nitrogen and oxygen atoms in total. The highest BCUT2D eigenvalue weighted by molar-refractivity contribution is 7.15. The highest BCUT2D eigenvalue weighted by Gasteiger charge is 2.19. The van der Waals surface area contributed by atoms with Crippen LogP contribution in [0.15, 0.2) is 64.2 Å². The molecule has 1 atom stereocenters. The fraction of sp³-hybridized carbons (Fsp3) is 0.273. The monoisotopic (exact) mass is 410 g/mol. The summed E-state index contributed by atoms with van der Waals surface area (Å²) in [6.45, 7) is 2.90. The van der Waals surface area contributed by atoms with Crippen molar-refractivity contribution in [3.8, 4) is 0 Å². The molecule has 4 aromatic rings. The van der Waals surface area contributed by atoms with Crippen LogP contribution in [0.3, 0.4) is 0 Å². The minimum atomic E-state index is -0.0115. The van der Waals surface area contributed by atoms with Crippen molar-refractivity contribution >= 4 is 27.6 Å². The largest absolute Gasteiger partial charge is 0.331 e. The highest BCUT2D eigenvalue weighted by atomic mass is 32.1. The van der Waals surface area contributed by atoms with Crippen molar-refractivity contribution < 1.29 is 5.32 Å². The van der Waals surface area contributed by atoms with Crippen LogP contribution in [0.1, 0.15) is 47.5 Å². The maximum Gasteiger partial charge on any atom is 0.258 e. The number of nitrogens with two attached hydrogens (primary N) is 1. The van der Waals surface area contributed by atoms with Crippen LogP contribution >= 0.6 is 22.7 Å². The van der Waals surface area contributed by atoms with Crippen LogP contribution in [0, 0.1) is 0 Å². The van der Waals surface area contributed by atoms with Crippen molar-refractivity contribution in [1.82, 2.24) is 9.38 Å². The van der Waals surface area contributed by atoms with Crippen LogP contribution in [0.25, 0.3) is 4.96 Å². The number of nitrogens with zero attached hydrogens (tertiary/aromatic N) is 2. The van der Waals surface area contributed by atoms with Crippen LogP contribution < -0.4 is 10.9 Å². The first kappa shape index (κ1) is 19.1. The Bertz CT molecular complexity index is 1080. The van der Waals surface area contributed by atoms with Crippen LogP contribution in [0.2, 0.25) is 0 Å². The van der Waals surface area contributed by atoms with Gasteiger partial charge in [-0.2, -0.15) is 0 Å². The summed E-state index contributed by atoms with van der Waals surface area (Å²) in [4.78, 5) is 19.0. The van der Waals surface area contributed by atoms with Gasteiger partial charge in [0, 0.05) is 23.2 Å². The summed E-state index contributed by atoms with van der Waals surface area (Å²) in [6, 6.07) is 15.1. The van der Waals surface area contributed by atoms with E-state index in [0.717, 1.165) is 17.1 Å². The third-order valence-electron chi connectivity index (χ3n) is 4.93. The molecule has 0 unspecified atom stereocenters. The van der Waals surface area contributed by atoms with E-state index >= 15 is 0 Å². The topological polar surface area (TPSA) is 51.0 Å². The minimum absolute atomic E-state index is 0.0115. The number of fused-ring (bicyclic) bond motifs is 1. The van der Waals surface area contributed by atoms with Crippen molar-refractivity contribution in [3.05, 3.63) is 91.5 Å². The fourth-order valence-corrected chi connectivity index (χ4v) is 4.98. The number of aryl methyl sites for hydroxylation is 1. The van der Waals surface area contributed by atoms with Crippen molar-refractivity contribution in [2.75, 3.05) is 0 Å². The molecule has 3 aromatic heterocycles. The third kappa shape index (κ3) is 4.24. The second-order valence-electron chi connectivity index (χ2n) is 6.92. The normalized spacial score (nSPS) is 12.5. The number of rotatable bonds is 8. The Kier molecular flexibility index (Phi) is 6.00. The zero-order chi connectivity index (χ0) is 19.3. The summed E-state index contributed by atoms with van der Waals surface area (Å²) in [5, 5.41) is 6.29. The maximum atomic E-state index is 12.2. The summed E-state index contributed by atoms with van der Waals surface area (Å²) in [5.74, 6) is 0. The first-order valence-electron chi connectivity index (χ1n) is 9.66. The van der Waals surface area contributed by atoms with E-state index in [1.807, 2.05) is 5.38 Å². The van der Waals surface area contributed by atoms with Crippen molar-refractivity contribution in [2.45, 2.75) is 38.8 Å². The molecule has 0 amide bonds. The van der Waals surface area contributed by atoms with Gasteiger partial charge in [-0.15, -0.1) is 22.7 Å². The molecule has 0 aliphatic heterocycles. The van der Waals surface area contributed by atoms with E-state index in [4.69, 9.17) is 0 Å². The first-order chi connectivity index (χ1) is 13.7. The standard InChI is InChI=1S/C22H23N3OS2/c1-2-3-5-16-7-9-17(10-8-16)21(19-6-4-12-27-19)23-15-18-14-20(26)25-11-13-28-22(25)24-18/h4,6-14,21,23H,2-3,5,15H2,1H3/p+1/t21-/m0/s1. The smallest absolute Gasteiger partial charge is 0.258 e.